The minimum absolute atomic E-state index is 0.00180. The molecule has 4 heterocycles. The van der Waals surface area contributed by atoms with E-state index in [0.29, 0.717) is 36.0 Å². The standard InChI is InChI=1S/C26H26N6O4/c1-5-32-16(8-19(30-32)15-6-7-15)9-21-24-17-11-22(34-4)18(23-13(2)31-36-14(23)3)10-20(17)27-25(24)29-26(28-21)35-12-33/h8,10-12,15H,5-7,9H2,1-4H3,(H,27,28,29). The topological polar surface area (TPSA) is 121 Å². The van der Waals surface area contributed by atoms with Gasteiger partial charge in [-0.1, -0.05) is 5.16 Å². The fourth-order valence-corrected chi connectivity index (χ4v) is 4.98. The van der Waals surface area contributed by atoms with Crippen molar-refractivity contribution in [3.05, 3.63) is 46.7 Å². The van der Waals surface area contributed by atoms with E-state index in [-0.39, 0.29) is 6.01 Å². The summed E-state index contributed by atoms with van der Waals surface area (Å²) < 4.78 is 18.3. The van der Waals surface area contributed by atoms with Gasteiger partial charge in [-0.2, -0.15) is 15.1 Å². The van der Waals surface area contributed by atoms with Gasteiger partial charge in [-0.15, -0.1) is 0 Å². The maximum absolute atomic E-state index is 11.1. The van der Waals surface area contributed by atoms with Crippen LogP contribution in [-0.2, 0) is 17.8 Å². The number of fused-ring (bicyclic) bond motifs is 3. The fourth-order valence-electron chi connectivity index (χ4n) is 4.98. The molecule has 10 heteroatoms. The molecular weight excluding hydrogens is 460 g/mol. The molecule has 0 spiro atoms. The number of rotatable bonds is 8. The van der Waals surface area contributed by atoms with Crippen LogP contribution < -0.4 is 9.47 Å². The van der Waals surface area contributed by atoms with Crippen molar-refractivity contribution in [2.45, 2.75) is 52.5 Å². The van der Waals surface area contributed by atoms with E-state index >= 15 is 0 Å². The number of hydrogen-bond donors (Lipinski definition) is 1. The molecule has 1 fully saturated rings. The molecule has 0 aliphatic heterocycles. The van der Waals surface area contributed by atoms with Crippen molar-refractivity contribution < 1.29 is 18.8 Å². The Morgan fingerprint density at radius 1 is 1.22 bits per heavy atom. The third-order valence-electron chi connectivity index (χ3n) is 6.81. The van der Waals surface area contributed by atoms with Gasteiger partial charge in [0.15, 0.2) is 0 Å². The first kappa shape index (κ1) is 22.3. The minimum Gasteiger partial charge on any atom is -0.496 e. The Hall–Kier alpha value is -4.21. The van der Waals surface area contributed by atoms with Crippen molar-refractivity contribution in [3.63, 3.8) is 0 Å². The molecule has 184 valence electrons. The van der Waals surface area contributed by atoms with E-state index in [0.717, 1.165) is 56.7 Å². The zero-order valence-electron chi connectivity index (χ0n) is 20.6. The first-order chi connectivity index (χ1) is 17.5. The summed E-state index contributed by atoms with van der Waals surface area (Å²) in [6.45, 7) is 6.96. The summed E-state index contributed by atoms with van der Waals surface area (Å²) >= 11 is 0. The largest absolute Gasteiger partial charge is 0.496 e. The summed E-state index contributed by atoms with van der Waals surface area (Å²) in [5, 5.41) is 10.7. The molecule has 0 amide bonds. The van der Waals surface area contributed by atoms with Gasteiger partial charge in [-0.25, -0.2) is 0 Å². The van der Waals surface area contributed by atoms with E-state index in [1.54, 1.807) is 7.11 Å². The zero-order valence-corrected chi connectivity index (χ0v) is 20.6. The van der Waals surface area contributed by atoms with Crippen LogP contribution in [-0.4, -0.2) is 43.5 Å². The molecule has 0 atom stereocenters. The number of nitrogens with zero attached hydrogens (tertiary/aromatic N) is 5. The average Bonchev–Trinajstić information content (AvgIpc) is 3.42. The molecule has 1 aliphatic rings. The molecule has 0 unspecified atom stereocenters. The highest BCUT2D eigenvalue weighted by Gasteiger charge is 2.28. The zero-order chi connectivity index (χ0) is 25.0. The molecule has 5 aromatic rings. The van der Waals surface area contributed by atoms with E-state index in [2.05, 4.69) is 33.1 Å². The van der Waals surface area contributed by atoms with Gasteiger partial charge in [0.1, 0.15) is 17.2 Å². The summed E-state index contributed by atoms with van der Waals surface area (Å²) in [4.78, 5) is 23.6. The molecule has 6 rings (SSSR count). The Balaban J connectivity index is 1.56. The fraction of sp³-hybridized carbons (Fsp3) is 0.346. The third kappa shape index (κ3) is 3.60. The van der Waals surface area contributed by atoms with Gasteiger partial charge < -0.3 is 19.0 Å². The van der Waals surface area contributed by atoms with Gasteiger partial charge in [-0.05, 0) is 51.8 Å². The molecule has 0 bridgehead atoms. The number of methoxy groups -OCH3 is 1. The third-order valence-corrected chi connectivity index (χ3v) is 6.81. The number of carbonyl (C=O) groups excluding carboxylic acids is 1. The molecule has 10 nitrogen and oxygen atoms in total. The molecule has 36 heavy (non-hydrogen) atoms. The van der Waals surface area contributed by atoms with Crippen molar-refractivity contribution in [3.8, 4) is 22.9 Å². The number of aromatic nitrogens is 6. The van der Waals surface area contributed by atoms with Crippen molar-refractivity contribution >= 4 is 28.4 Å². The minimum atomic E-state index is 0.00180. The maximum Gasteiger partial charge on any atom is 0.326 e. The summed E-state index contributed by atoms with van der Waals surface area (Å²) in [6, 6.07) is 6.16. The molecule has 1 N–H and O–H groups in total. The van der Waals surface area contributed by atoms with E-state index in [1.165, 1.54) is 12.8 Å². The van der Waals surface area contributed by atoms with Crippen LogP contribution in [0.3, 0.4) is 0 Å². The van der Waals surface area contributed by atoms with Crippen molar-refractivity contribution in [1.82, 2.24) is 29.9 Å². The van der Waals surface area contributed by atoms with E-state index in [4.69, 9.17) is 19.1 Å². The predicted octanol–water partition coefficient (Wildman–Crippen LogP) is 4.61. The molecular formula is C26H26N6O4. The summed E-state index contributed by atoms with van der Waals surface area (Å²) in [7, 11) is 1.64. The molecule has 0 radical (unpaired) electrons. The number of aromatic amines is 1. The molecule has 1 saturated carbocycles. The Morgan fingerprint density at radius 2 is 2.06 bits per heavy atom. The monoisotopic (exact) mass is 486 g/mol. The maximum atomic E-state index is 11.1. The number of nitrogens with one attached hydrogen (secondary N) is 1. The summed E-state index contributed by atoms with van der Waals surface area (Å²) in [6.07, 6.45) is 2.89. The first-order valence-corrected chi connectivity index (χ1v) is 12.0. The van der Waals surface area contributed by atoms with E-state index in [9.17, 15) is 4.79 Å². The number of hydrogen-bond acceptors (Lipinski definition) is 8. The van der Waals surface area contributed by atoms with Crippen LogP contribution in [0.2, 0.25) is 0 Å². The second-order valence-corrected chi connectivity index (χ2v) is 9.14. The van der Waals surface area contributed by atoms with Crippen LogP contribution in [0.25, 0.3) is 33.1 Å². The van der Waals surface area contributed by atoms with Crippen LogP contribution in [0.1, 0.15) is 54.2 Å². The van der Waals surface area contributed by atoms with Gasteiger partial charge in [0.2, 0.25) is 0 Å². The van der Waals surface area contributed by atoms with Crippen molar-refractivity contribution in [2.75, 3.05) is 7.11 Å². The predicted molar refractivity (Wildman–Crippen MR) is 132 cm³/mol. The van der Waals surface area contributed by atoms with Gasteiger partial charge >= 0.3 is 12.5 Å². The average molecular weight is 487 g/mol. The van der Waals surface area contributed by atoms with Crippen LogP contribution in [0.4, 0.5) is 0 Å². The quantitative estimate of drug-likeness (QED) is 0.316. The van der Waals surface area contributed by atoms with Crippen LogP contribution in [0.5, 0.6) is 11.8 Å². The lowest BCUT2D eigenvalue weighted by Gasteiger charge is -2.10. The Kier molecular flexibility index (Phi) is 5.24. The van der Waals surface area contributed by atoms with Gasteiger partial charge in [0, 0.05) is 46.4 Å². The van der Waals surface area contributed by atoms with Crippen molar-refractivity contribution in [1.29, 1.82) is 0 Å². The second-order valence-electron chi connectivity index (χ2n) is 9.14. The van der Waals surface area contributed by atoms with Crippen LogP contribution >= 0.6 is 0 Å². The highest BCUT2D eigenvalue weighted by Crippen LogP contribution is 2.41. The Bertz CT molecular complexity index is 1610. The van der Waals surface area contributed by atoms with Gasteiger partial charge in [0.25, 0.3) is 0 Å². The van der Waals surface area contributed by atoms with Crippen molar-refractivity contribution in [2.24, 2.45) is 0 Å². The SMILES string of the molecule is CCn1nc(C2CC2)cc1Cc1nc(OC=O)nc2[nH]c3cc(-c4c(C)noc4C)c(OC)cc3c12. The lowest BCUT2D eigenvalue weighted by atomic mass is 10.00. The highest BCUT2D eigenvalue weighted by atomic mass is 16.5. The van der Waals surface area contributed by atoms with Crippen LogP contribution in [0, 0.1) is 13.8 Å². The van der Waals surface area contributed by atoms with E-state index in [1.807, 2.05) is 30.7 Å². The Labute approximate surface area is 206 Å². The number of ether oxygens (including phenoxy) is 2. The van der Waals surface area contributed by atoms with Crippen LogP contribution in [0.15, 0.2) is 22.7 Å². The Morgan fingerprint density at radius 3 is 2.72 bits per heavy atom. The molecule has 4 aromatic heterocycles. The molecule has 1 aliphatic carbocycles. The number of benzene rings is 1. The highest BCUT2D eigenvalue weighted by molar-refractivity contribution is 6.09. The normalized spacial score (nSPS) is 13.6. The first-order valence-electron chi connectivity index (χ1n) is 12.0. The number of aryl methyl sites for hydroxylation is 3. The van der Waals surface area contributed by atoms with Gasteiger partial charge in [-0.3, -0.25) is 9.48 Å². The summed E-state index contributed by atoms with van der Waals surface area (Å²) in [5.74, 6) is 1.95. The second kappa shape index (κ2) is 8.47. The lowest BCUT2D eigenvalue weighted by Crippen LogP contribution is -2.06. The van der Waals surface area contributed by atoms with E-state index < -0.39 is 0 Å². The summed E-state index contributed by atoms with van der Waals surface area (Å²) in [5.41, 5.74) is 6.90. The lowest BCUT2D eigenvalue weighted by molar-refractivity contribution is -0.121. The smallest absolute Gasteiger partial charge is 0.326 e. The molecule has 0 saturated heterocycles. The van der Waals surface area contributed by atoms with Gasteiger partial charge in [0.05, 0.1) is 29.8 Å². The number of carbonyl (C=O) groups is 1. The molecule has 1 aromatic carbocycles. The number of H-pyrrole nitrogens is 1.